The molecule has 1 aliphatic heterocycles. The zero-order valence-electron chi connectivity index (χ0n) is 14.9. The summed E-state index contributed by atoms with van der Waals surface area (Å²) >= 11 is 0. The molecule has 2 fully saturated rings. The normalized spacial score (nSPS) is 19.4. The lowest BCUT2D eigenvalue weighted by Gasteiger charge is -2.29. The number of rotatable bonds is 7. The number of hydrogen-bond donors (Lipinski definition) is 0. The SMILES string of the molecule is O=S(=O)(c1ccc(F)cc1)N1CCC(c2noc(COCC3CC3)n2)CC1. The highest BCUT2D eigenvalue weighted by molar-refractivity contribution is 7.89. The predicted molar refractivity (Wildman–Crippen MR) is 93.8 cm³/mol. The van der Waals surface area contributed by atoms with Gasteiger partial charge in [0.1, 0.15) is 12.4 Å². The number of sulfonamides is 1. The topological polar surface area (TPSA) is 85.5 Å². The third-order valence-electron chi connectivity index (χ3n) is 5.03. The molecule has 9 heteroatoms. The fourth-order valence-electron chi connectivity index (χ4n) is 3.20. The second-order valence-electron chi connectivity index (χ2n) is 7.14. The Morgan fingerprint density at radius 1 is 1.15 bits per heavy atom. The van der Waals surface area contributed by atoms with E-state index >= 15 is 0 Å². The molecular formula is C18H22FN3O4S. The first kappa shape index (κ1) is 18.5. The molecule has 0 N–H and O–H groups in total. The third kappa shape index (κ3) is 4.36. The van der Waals surface area contributed by atoms with Gasteiger partial charge in [-0.25, -0.2) is 12.8 Å². The summed E-state index contributed by atoms with van der Waals surface area (Å²) in [5.74, 6) is 1.36. The van der Waals surface area contributed by atoms with Crippen LogP contribution in [0.25, 0.3) is 0 Å². The minimum absolute atomic E-state index is 0.0607. The van der Waals surface area contributed by atoms with E-state index in [1.165, 1.54) is 29.3 Å². The number of piperidine rings is 1. The molecule has 0 unspecified atom stereocenters. The Balaban J connectivity index is 1.33. The molecule has 1 saturated carbocycles. The van der Waals surface area contributed by atoms with Gasteiger partial charge < -0.3 is 9.26 Å². The monoisotopic (exact) mass is 395 g/mol. The van der Waals surface area contributed by atoms with Gasteiger partial charge in [0.25, 0.3) is 5.89 Å². The van der Waals surface area contributed by atoms with Crippen LogP contribution in [-0.4, -0.2) is 42.6 Å². The highest BCUT2D eigenvalue weighted by Crippen LogP contribution is 2.30. The second-order valence-corrected chi connectivity index (χ2v) is 9.08. The molecular weight excluding hydrogens is 373 g/mol. The Bertz CT molecular complexity index is 872. The molecule has 1 aliphatic carbocycles. The molecule has 2 aromatic rings. The summed E-state index contributed by atoms with van der Waals surface area (Å²) in [7, 11) is -3.61. The lowest BCUT2D eigenvalue weighted by molar-refractivity contribution is 0.0894. The molecule has 0 amide bonds. The predicted octanol–water partition coefficient (Wildman–Crippen LogP) is 2.70. The first-order chi connectivity index (χ1) is 13.0. The molecule has 7 nitrogen and oxygen atoms in total. The van der Waals surface area contributed by atoms with E-state index in [1.807, 2.05) is 0 Å². The molecule has 2 aliphatic rings. The van der Waals surface area contributed by atoms with Gasteiger partial charge in [-0.1, -0.05) is 5.16 Å². The van der Waals surface area contributed by atoms with Crippen molar-refractivity contribution < 1.29 is 22.1 Å². The largest absolute Gasteiger partial charge is 0.371 e. The molecule has 0 atom stereocenters. The molecule has 4 rings (SSSR count). The lowest BCUT2D eigenvalue weighted by Crippen LogP contribution is -2.38. The van der Waals surface area contributed by atoms with Crippen molar-refractivity contribution in [3.05, 3.63) is 41.8 Å². The van der Waals surface area contributed by atoms with Gasteiger partial charge in [0.05, 0.1) is 11.5 Å². The highest BCUT2D eigenvalue weighted by Gasteiger charge is 2.32. The molecule has 0 bridgehead atoms. The molecule has 0 spiro atoms. The van der Waals surface area contributed by atoms with Crippen LogP contribution in [-0.2, 0) is 21.4 Å². The fraction of sp³-hybridized carbons (Fsp3) is 0.556. The van der Waals surface area contributed by atoms with Gasteiger partial charge in [-0.15, -0.1) is 0 Å². The summed E-state index contributed by atoms with van der Waals surface area (Å²) in [6, 6.07) is 4.91. The molecule has 1 saturated heterocycles. The van der Waals surface area contributed by atoms with Crippen molar-refractivity contribution in [1.29, 1.82) is 0 Å². The maximum Gasteiger partial charge on any atom is 0.252 e. The van der Waals surface area contributed by atoms with E-state index in [0.29, 0.717) is 50.2 Å². The first-order valence-electron chi connectivity index (χ1n) is 9.18. The van der Waals surface area contributed by atoms with E-state index in [1.54, 1.807) is 0 Å². The van der Waals surface area contributed by atoms with Crippen molar-refractivity contribution in [3.8, 4) is 0 Å². The van der Waals surface area contributed by atoms with Gasteiger partial charge in [0, 0.05) is 19.0 Å². The number of halogens is 1. The number of ether oxygens (including phenoxy) is 1. The van der Waals surface area contributed by atoms with Crippen LogP contribution in [0.15, 0.2) is 33.7 Å². The van der Waals surface area contributed by atoms with Gasteiger partial charge >= 0.3 is 0 Å². The zero-order chi connectivity index (χ0) is 18.9. The molecule has 1 aromatic carbocycles. The quantitative estimate of drug-likeness (QED) is 0.717. The molecule has 1 aromatic heterocycles. The highest BCUT2D eigenvalue weighted by atomic mass is 32.2. The van der Waals surface area contributed by atoms with Gasteiger partial charge in [-0.05, 0) is 55.9 Å². The summed E-state index contributed by atoms with van der Waals surface area (Å²) in [4.78, 5) is 4.50. The maximum absolute atomic E-state index is 13.0. The summed E-state index contributed by atoms with van der Waals surface area (Å²) < 4.78 is 50.6. The molecule has 0 radical (unpaired) electrons. The Morgan fingerprint density at radius 3 is 2.52 bits per heavy atom. The summed E-state index contributed by atoms with van der Waals surface area (Å²) in [5.41, 5.74) is 0. The number of hydrogen-bond acceptors (Lipinski definition) is 6. The van der Waals surface area contributed by atoms with Crippen LogP contribution in [0.4, 0.5) is 4.39 Å². The minimum Gasteiger partial charge on any atom is -0.371 e. The van der Waals surface area contributed by atoms with E-state index < -0.39 is 15.8 Å². The summed E-state index contributed by atoms with van der Waals surface area (Å²) in [6.07, 6.45) is 3.69. The van der Waals surface area contributed by atoms with Crippen LogP contribution >= 0.6 is 0 Å². The number of nitrogens with zero attached hydrogens (tertiary/aromatic N) is 3. The average Bonchev–Trinajstić information content (AvgIpc) is 3.37. The van der Waals surface area contributed by atoms with Crippen molar-refractivity contribution >= 4 is 10.0 Å². The van der Waals surface area contributed by atoms with E-state index in [4.69, 9.17) is 9.26 Å². The standard InChI is InChI=1S/C18H22FN3O4S/c19-15-3-5-16(6-4-15)27(23,24)22-9-7-14(8-10-22)18-20-17(26-21-18)12-25-11-13-1-2-13/h3-6,13-14H,1-2,7-12H2. The average molecular weight is 395 g/mol. The van der Waals surface area contributed by atoms with Gasteiger partial charge in [0.15, 0.2) is 5.82 Å². The lowest BCUT2D eigenvalue weighted by atomic mass is 9.98. The smallest absolute Gasteiger partial charge is 0.252 e. The Kier molecular flexibility index (Phi) is 5.25. The third-order valence-corrected chi connectivity index (χ3v) is 6.94. The molecule has 146 valence electrons. The van der Waals surface area contributed by atoms with Crippen molar-refractivity contribution in [3.63, 3.8) is 0 Å². The van der Waals surface area contributed by atoms with Crippen LogP contribution in [0, 0.1) is 11.7 Å². The fourth-order valence-corrected chi connectivity index (χ4v) is 4.67. The van der Waals surface area contributed by atoms with Crippen molar-refractivity contribution in [2.75, 3.05) is 19.7 Å². The van der Waals surface area contributed by atoms with Crippen LogP contribution < -0.4 is 0 Å². The van der Waals surface area contributed by atoms with Crippen molar-refractivity contribution in [2.45, 2.75) is 43.1 Å². The van der Waals surface area contributed by atoms with Crippen LogP contribution in [0.3, 0.4) is 0 Å². The van der Waals surface area contributed by atoms with Gasteiger partial charge in [-0.3, -0.25) is 0 Å². The van der Waals surface area contributed by atoms with E-state index in [2.05, 4.69) is 10.1 Å². The Morgan fingerprint density at radius 2 is 1.85 bits per heavy atom. The zero-order valence-corrected chi connectivity index (χ0v) is 15.7. The van der Waals surface area contributed by atoms with E-state index in [0.717, 1.165) is 18.7 Å². The van der Waals surface area contributed by atoms with E-state index in [9.17, 15) is 12.8 Å². The van der Waals surface area contributed by atoms with Crippen LogP contribution in [0.1, 0.15) is 43.3 Å². The van der Waals surface area contributed by atoms with Crippen molar-refractivity contribution in [2.24, 2.45) is 5.92 Å². The summed E-state index contributed by atoms with van der Waals surface area (Å²) in [6.45, 7) is 1.79. The molecule has 2 heterocycles. The van der Waals surface area contributed by atoms with Crippen molar-refractivity contribution in [1.82, 2.24) is 14.4 Å². The van der Waals surface area contributed by atoms with Crippen LogP contribution in [0.2, 0.25) is 0 Å². The van der Waals surface area contributed by atoms with Gasteiger partial charge in [0.2, 0.25) is 10.0 Å². The Labute approximate surface area is 157 Å². The van der Waals surface area contributed by atoms with Crippen LogP contribution in [0.5, 0.6) is 0 Å². The first-order valence-corrected chi connectivity index (χ1v) is 10.6. The molecule has 27 heavy (non-hydrogen) atoms. The number of benzene rings is 1. The minimum atomic E-state index is -3.61. The summed E-state index contributed by atoms with van der Waals surface area (Å²) in [5, 5.41) is 4.03. The second kappa shape index (κ2) is 7.65. The maximum atomic E-state index is 13.0. The van der Waals surface area contributed by atoms with E-state index in [-0.39, 0.29) is 10.8 Å². The Hall–Kier alpha value is -1.84. The number of aromatic nitrogens is 2. The van der Waals surface area contributed by atoms with Gasteiger partial charge in [-0.2, -0.15) is 9.29 Å².